The standard InChI is InChI=1S/C21H13BrClF3N4O2/c22-12-2-5-14(6-3-12)27-19(31)11-1-7-15-16(9-11)29-20(28-15)30-17-10-13(23)4-8-18(17)32-21(24,25)26/h1-10H,(H,27,31)(H2,28,29,30). The number of hydrogen-bond donors (Lipinski definition) is 3. The highest BCUT2D eigenvalue weighted by molar-refractivity contribution is 9.10. The van der Waals surface area contributed by atoms with E-state index in [2.05, 4.69) is 41.3 Å². The molecule has 0 saturated carbocycles. The number of aromatic nitrogens is 2. The summed E-state index contributed by atoms with van der Waals surface area (Å²) in [5.74, 6) is -0.640. The van der Waals surface area contributed by atoms with Gasteiger partial charge in [0, 0.05) is 20.7 Å². The van der Waals surface area contributed by atoms with Crippen molar-refractivity contribution in [3.63, 3.8) is 0 Å². The maximum absolute atomic E-state index is 12.7. The first-order valence-corrected chi connectivity index (χ1v) is 10.2. The zero-order valence-electron chi connectivity index (χ0n) is 15.9. The van der Waals surface area contributed by atoms with Crippen molar-refractivity contribution >= 4 is 61.8 Å². The molecule has 0 radical (unpaired) electrons. The Labute approximate surface area is 192 Å². The number of aromatic amines is 1. The minimum Gasteiger partial charge on any atom is -0.404 e. The van der Waals surface area contributed by atoms with Gasteiger partial charge in [0.05, 0.1) is 16.7 Å². The summed E-state index contributed by atoms with van der Waals surface area (Å²) in [6.45, 7) is 0. The van der Waals surface area contributed by atoms with Crippen molar-refractivity contribution in [3.05, 3.63) is 75.7 Å². The molecule has 4 rings (SSSR count). The van der Waals surface area contributed by atoms with E-state index in [1.54, 1.807) is 42.5 Å². The average molecular weight is 526 g/mol. The number of nitrogens with one attached hydrogen (secondary N) is 3. The summed E-state index contributed by atoms with van der Waals surface area (Å²) in [5.41, 5.74) is 1.98. The molecule has 11 heteroatoms. The zero-order chi connectivity index (χ0) is 22.9. The van der Waals surface area contributed by atoms with E-state index in [1.807, 2.05) is 0 Å². The lowest BCUT2D eigenvalue weighted by molar-refractivity contribution is -0.274. The fourth-order valence-electron chi connectivity index (χ4n) is 2.88. The predicted octanol–water partition coefficient (Wildman–Crippen LogP) is 6.87. The molecule has 164 valence electrons. The number of H-pyrrole nitrogens is 1. The number of rotatable bonds is 5. The van der Waals surface area contributed by atoms with Crippen LogP contribution >= 0.6 is 27.5 Å². The quantitative estimate of drug-likeness (QED) is 0.266. The Morgan fingerprint density at radius 1 is 1.06 bits per heavy atom. The molecule has 1 amide bonds. The SMILES string of the molecule is O=C(Nc1ccc(Br)cc1)c1ccc2[nH]c(Nc3cc(Cl)ccc3OC(F)(F)F)nc2c1. The van der Waals surface area contributed by atoms with Crippen molar-refractivity contribution in [2.75, 3.05) is 10.6 Å². The number of alkyl halides is 3. The summed E-state index contributed by atoms with van der Waals surface area (Å²) < 4.78 is 42.9. The van der Waals surface area contributed by atoms with E-state index in [-0.39, 0.29) is 22.6 Å². The van der Waals surface area contributed by atoms with Crippen LogP contribution in [-0.2, 0) is 0 Å². The molecule has 3 aromatic carbocycles. The number of amides is 1. The first-order valence-electron chi connectivity index (χ1n) is 9.05. The third kappa shape index (κ3) is 5.32. The first kappa shape index (κ1) is 22.0. The van der Waals surface area contributed by atoms with Gasteiger partial charge in [0.1, 0.15) is 0 Å². The Hall–Kier alpha value is -3.24. The molecule has 0 aliphatic carbocycles. The van der Waals surface area contributed by atoms with Crippen molar-refractivity contribution < 1.29 is 22.7 Å². The normalized spacial score (nSPS) is 11.4. The van der Waals surface area contributed by atoms with E-state index in [0.29, 0.717) is 22.3 Å². The van der Waals surface area contributed by atoms with Gasteiger partial charge in [-0.05, 0) is 60.7 Å². The number of imidazole rings is 1. The summed E-state index contributed by atoms with van der Waals surface area (Å²) >= 11 is 9.24. The van der Waals surface area contributed by atoms with Crippen LogP contribution in [0, 0.1) is 0 Å². The molecule has 0 fully saturated rings. The van der Waals surface area contributed by atoms with Gasteiger partial charge < -0.3 is 20.4 Å². The van der Waals surface area contributed by atoms with Gasteiger partial charge in [-0.15, -0.1) is 13.2 Å². The van der Waals surface area contributed by atoms with Crippen molar-refractivity contribution in [1.82, 2.24) is 9.97 Å². The predicted molar refractivity (Wildman–Crippen MR) is 120 cm³/mol. The number of halogens is 5. The molecule has 1 aromatic heterocycles. The van der Waals surface area contributed by atoms with Gasteiger partial charge in [-0.25, -0.2) is 4.98 Å². The number of benzene rings is 3. The third-order valence-electron chi connectivity index (χ3n) is 4.27. The molecule has 32 heavy (non-hydrogen) atoms. The Balaban J connectivity index is 1.57. The fraction of sp³-hybridized carbons (Fsp3) is 0.0476. The highest BCUT2D eigenvalue weighted by Gasteiger charge is 2.32. The molecular weight excluding hydrogens is 513 g/mol. The van der Waals surface area contributed by atoms with Crippen LogP contribution in [-0.4, -0.2) is 22.2 Å². The number of fused-ring (bicyclic) bond motifs is 1. The van der Waals surface area contributed by atoms with Crippen molar-refractivity contribution in [3.8, 4) is 5.75 Å². The maximum Gasteiger partial charge on any atom is 0.573 e. The van der Waals surface area contributed by atoms with Crippen molar-refractivity contribution in [2.24, 2.45) is 0 Å². The molecule has 3 N–H and O–H groups in total. The lowest BCUT2D eigenvalue weighted by Gasteiger charge is -2.13. The molecule has 0 unspecified atom stereocenters. The Morgan fingerprint density at radius 2 is 1.81 bits per heavy atom. The van der Waals surface area contributed by atoms with Gasteiger partial charge in [-0.3, -0.25) is 4.79 Å². The lowest BCUT2D eigenvalue weighted by Crippen LogP contribution is -2.18. The second-order valence-corrected chi connectivity index (χ2v) is 7.94. The summed E-state index contributed by atoms with van der Waals surface area (Å²) in [6, 6.07) is 15.6. The Bertz CT molecular complexity index is 1290. The van der Waals surface area contributed by atoms with E-state index < -0.39 is 12.1 Å². The van der Waals surface area contributed by atoms with E-state index >= 15 is 0 Å². The highest BCUT2D eigenvalue weighted by atomic mass is 79.9. The van der Waals surface area contributed by atoms with Gasteiger partial charge >= 0.3 is 6.36 Å². The van der Waals surface area contributed by atoms with Crippen molar-refractivity contribution in [1.29, 1.82) is 0 Å². The number of hydrogen-bond acceptors (Lipinski definition) is 4. The van der Waals surface area contributed by atoms with Gasteiger partial charge in [-0.1, -0.05) is 27.5 Å². The van der Waals surface area contributed by atoms with Gasteiger partial charge in [0.15, 0.2) is 5.75 Å². The number of carbonyl (C=O) groups is 1. The fourth-order valence-corrected chi connectivity index (χ4v) is 3.32. The second kappa shape index (κ2) is 8.71. The molecule has 6 nitrogen and oxygen atoms in total. The lowest BCUT2D eigenvalue weighted by atomic mass is 10.2. The number of nitrogens with zero attached hydrogens (tertiary/aromatic N) is 1. The van der Waals surface area contributed by atoms with Crippen molar-refractivity contribution in [2.45, 2.75) is 6.36 Å². The van der Waals surface area contributed by atoms with Crippen LogP contribution < -0.4 is 15.4 Å². The van der Waals surface area contributed by atoms with Crippen LogP contribution in [0.5, 0.6) is 5.75 Å². The van der Waals surface area contributed by atoms with Crippen LogP contribution in [0.25, 0.3) is 11.0 Å². The molecule has 0 spiro atoms. The van der Waals surface area contributed by atoms with E-state index in [4.69, 9.17) is 11.6 Å². The number of ether oxygens (including phenoxy) is 1. The Kier molecular flexibility index (Phi) is 5.98. The van der Waals surface area contributed by atoms with Crippen LogP contribution in [0.2, 0.25) is 5.02 Å². The Morgan fingerprint density at radius 3 is 2.53 bits per heavy atom. The second-order valence-electron chi connectivity index (χ2n) is 6.59. The summed E-state index contributed by atoms with van der Waals surface area (Å²) in [7, 11) is 0. The summed E-state index contributed by atoms with van der Waals surface area (Å²) in [5, 5.41) is 5.73. The van der Waals surface area contributed by atoms with Crippen LogP contribution in [0.15, 0.2) is 65.1 Å². The molecule has 0 bridgehead atoms. The molecule has 0 saturated heterocycles. The molecule has 0 atom stereocenters. The van der Waals surface area contributed by atoms with Gasteiger partial charge in [-0.2, -0.15) is 0 Å². The third-order valence-corrected chi connectivity index (χ3v) is 5.03. The smallest absolute Gasteiger partial charge is 0.404 e. The zero-order valence-corrected chi connectivity index (χ0v) is 18.3. The average Bonchev–Trinajstić information content (AvgIpc) is 3.12. The van der Waals surface area contributed by atoms with E-state index in [0.717, 1.165) is 10.5 Å². The summed E-state index contributed by atoms with van der Waals surface area (Å²) in [6.07, 6.45) is -4.87. The number of anilines is 3. The minimum atomic E-state index is -4.87. The topological polar surface area (TPSA) is 79.0 Å². The van der Waals surface area contributed by atoms with Gasteiger partial charge in [0.2, 0.25) is 5.95 Å². The molecule has 0 aliphatic heterocycles. The monoisotopic (exact) mass is 524 g/mol. The van der Waals surface area contributed by atoms with Gasteiger partial charge in [0.25, 0.3) is 5.91 Å². The largest absolute Gasteiger partial charge is 0.573 e. The molecule has 1 heterocycles. The maximum atomic E-state index is 12.7. The minimum absolute atomic E-state index is 0.0258. The highest BCUT2D eigenvalue weighted by Crippen LogP contribution is 2.34. The van der Waals surface area contributed by atoms with E-state index in [9.17, 15) is 18.0 Å². The van der Waals surface area contributed by atoms with Crippen LogP contribution in [0.1, 0.15) is 10.4 Å². The first-order chi connectivity index (χ1) is 15.2. The molecular formula is C21H13BrClF3N4O2. The number of carbonyl (C=O) groups excluding carboxylic acids is 1. The van der Waals surface area contributed by atoms with Crippen LogP contribution in [0.3, 0.4) is 0 Å². The molecule has 4 aromatic rings. The van der Waals surface area contributed by atoms with E-state index in [1.165, 1.54) is 12.1 Å². The summed E-state index contributed by atoms with van der Waals surface area (Å²) in [4.78, 5) is 19.8. The molecule has 0 aliphatic rings. The van der Waals surface area contributed by atoms with Crippen LogP contribution in [0.4, 0.5) is 30.5 Å².